The SMILES string of the molecule is CCOc1ccccc1NC(=O)CN1C(=O)NC(C)(c2ccc(OC(F)(F)F)cc2)C1=O. The number of carbonyl (C=O) groups is 3. The third-order valence-electron chi connectivity index (χ3n) is 4.70. The molecule has 1 fully saturated rings. The second-order valence-corrected chi connectivity index (χ2v) is 7.00. The minimum atomic E-state index is -4.85. The summed E-state index contributed by atoms with van der Waals surface area (Å²) < 4.78 is 46.3. The van der Waals surface area contributed by atoms with Gasteiger partial charge in [-0.25, -0.2) is 4.79 Å². The minimum Gasteiger partial charge on any atom is -0.492 e. The summed E-state index contributed by atoms with van der Waals surface area (Å²) in [5, 5.41) is 5.08. The predicted octanol–water partition coefficient (Wildman–Crippen LogP) is 3.39. The number of halogens is 3. The fourth-order valence-corrected chi connectivity index (χ4v) is 3.21. The third-order valence-corrected chi connectivity index (χ3v) is 4.70. The van der Waals surface area contributed by atoms with Crippen molar-refractivity contribution in [1.82, 2.24) is 10.2 Å². The van der Waals surface area contributed by atoms with Crippen molar-refractivity contribution in [2.45, 2.75) is 25.7 Å². The highest BCUT2D eigenvalue weighted by Crippen LogP contribution is 2.31. The van der Waals surface area contributed by atoms with Crippen molar-refractivity contribution < 1.29 is 37.0 Å². The van der Waals surface area contributed by atoms with E-state index in [9.17, 15) is 27.6 Å². The Hall–Kier alpha value is -3.76. The van der Waals surface area contributed by atoms with Gasteiger partial charge in [0.1, 0.15) is 23.6 Å². The Morgan fingerprint density at radius 2 is 1.78 bits per heavy atom. The van der Waals surface area contributed by atoms with E-state index in [0.29, 0.717) is 18.0 Å². The van der Waals surface area contributed by atoms with Crippen molar-refractivity contribution in [2.75, 3.05) is 18.5 Å². The van der Waals surface area contributed by atoms with Crippen molar-refractivity contribution in [3.05, 3.63) is 54.1 Å². The van der Waals surface area contributed by atoms with Gasteiger partial charge in [0.05, 0.1) is 12.3 Å². The van der Waals surface area contributed by atoms with Crippen LogP contribution in [0.25, 0.3) is 0 Å². The third kappa shape index (κ3) is 4.93. The van der Waals surface area contributed by atoms with Crippen LogP contribution in [0, 0.1) is 0 Å². The Morgan fingerprint density at radius 3 is 2.41 bits per heavy atom. The highest BCUT2D eigenvalue weighted by atomic mass is 19.4. The zero-order valence-corrected chi connectivity index (χ0v) is 17.2. The Balaban J connectivity index is 1.72. The van der Waals surface area contributed by atoms with Crippen molar-refractivity contribution in [3.63, 3.8) is 0 Å². The molecule has 11 heteroatoms. The van der Waals surface area contributed by atoms with Crippen LogP contribution in [-0.2, 0) is 15.1 Å². The number of nitrogens with one attached hydrogen (secondary N) is 2. The quantitative estimate of drug-likeness (QED) is 0.629. The Kier molecular flexibility index (Phi) is 6.28. The number of imide groups is 1. The Bertz CT molecular complexity index is 1030. The topological polar surface area (TPSA) is 97.0 Å². The van der Waals surface area contributed by atoms with Crippen LogP contribution in [0.1, 0.15) is 19.4 Å². The molecular formula is C21H20F3N3O5. The van der Waals surface area contributed by atoms with Gasteiger partial charge in [-0.3, -0.25) is 14.5 Å². The molecular weight excluding hydrogens is 431 g/mol. The number of alkyl halides is 3. The number of anilines is 1. The molecule has 1 unspecified atom stereocenters. The van der Waals surface area contributed by atoms with Gasteiger partial charge in [0.25, 0.3) is 5.91 Å². The largest absolute Gasteiger partial charge is 0.573 e. The number of nitrogens with zero attached hydrogens (tertiary/aromatic N) is 1. The zero-order valence-electron chi connectivity index (χ0n) is 17.2. The molecule has 170 valence electrons. The standard InChI is InChI=1S/C21H20F3N3O5/c1-3-31-16-7-5-4-6-15(16)25-17(28)12-27-18(29)20(2,26-19(27)30)13-8-10-14(11-9-13)32-21(22,23)24/h4-11H,3,12H2,1-2H3,(H,25,28)(H,26,30). The first-order valence-corrected chi connectivity index (χ1v) is 9.55. The molecule has 0 bridgehead atoms. The van der Waals surface area contributed by atoms with E-state index in [1.165, 1.54) is 19.1 Å². The van der Waals surface area contributed by atoms with Gasteiger partial charge in [0.15, 0.2) is 0 Å². The summed E-state index contributed by atoms with van der Waals surface area (Å²) in [4.78, 5) is 38.5. The van der Waals surface area contributed by atoms with Gasteiger partial charge in [-0.1, -0.05) is 24.3 Å². The first-order valence-electron chi connectivity index (χ1n) is 9.55. The van der Waals surface area contributed by atoms with E-state index in [1.807, 2.05) is 0 Å². The lowest BCUT2D eigenvalue weighted by Gasteiger charge is -2.22. The van der Waals surface area contributed by atoms with E-state index < -0.39 is 42.0 Å². The van der Waals surface area contributed by atoms with Crippen LogP contribution in [0.3, 0.4) is 0 Å². The van der Waals surface area contributed by atoms with Crippen LogP contribution in [0.15, 0.2) is 48.5 Å². The molecule has 32 heavy (non-hydrogen) atoms. The van der Waals surface area contributed by atoms with Crippen molar-refractivity contribution in [1.29, 1.82) is 0 Å². The summed E-state index contributed by atoms with van der Waals surface area (Å²) in [6.45, 7) is 3.00. The fraction of sp³-hybridized carbons (Fsp3) is 0.286. The average molecular weight is 451 g/mol. The molecule has 1 atom stereocenters. The maximum atomic E-state index is 12.9. The molecule has 3 rings (SSSR count). The molecule has 1 aliphatic rings. The number of ether oxygens (including phenoxy) is 2. The lowest BCUT2D eigenvalue weighted by molar-refractivity contribution is -0.274. The van der Waals surface area contributed by atoms with E-state index in [0.717, 1.165) is 17.0 Å². The summed E-state index contributed by atoms with van der Waals surface area (Å²) >= 11 is 0. The Morgan fingerprint density at radius 1 is 1.12 bits per heavy atom. The van der Waals surface area contributed by atoms with E-state index in [-0.39, 0.29) is 5.56 Å². The van der Waals surface area contributed by atoms with E-state index in [2.05, 4.69) is 15.4 Å². The molecule has 0 saturated carbocycles. The number of rotatable bonds is 7. The first kappa shape index (κ1) is 22.9. The van der Waals surface area contributed by atoms with Gasteiger partial charge < -0.3 is 20.1 Å². The number of carbonyl (C=O) groups excluding carboxylic acids is 3. The average Bonchev–Trinajstić information content (AvgIpc) is 2.93. The van der Waals surface area contributed by atoms with Crippen molar-refractivity contribution in [3.8, 4) is 11.5 Å². The monoisotopic (exact) mass is 451 g/mol. The molecule has 1 saturated heterocycles. The summed E-state index contributed by atoms with van der Waals surface area (Å²) in [6, 6.07) is 10.4. The second-order valence-electron chi connectivity index (χ2n) is 7.00. The van der Waals surface area contributed by atoms with E-state index in [1.54, 1.807) is 31.2 Å². The number of hydrogen-bond acceptors (Lipinski definition) is 5. The molecule has 2 aromatic rings. The van der Waals surface area contributed by atoms with E-state index >= 15 is 0 Å². The molecule has 8 nitrogen and oxygen atoms in total. The molecule has 1 heterocycles. The summed E-state index contributed by atoms with van der Waals surface area (Å²) in [5.41, 5.74) is -0.943. The number of para-hydroxylation sites is 2. The molecule has 2 N–H and O–H groups in total. The van der Waals surface area contributed by atoms with Crippen LogP contribution >= 0.6 is 0 Å². The van der Waals surface area contributed by atoms with Crippen molar-refractivity contribution in [2.24, 2.45) is 0 Å². The molecule has 0 aromatic heterocycles. The van der Waals surface area contributed by atoms with Gasteiger partial charge in [-0.15, -0.1) is 13.2 Å². The maximum Gasteiger partial charge on any atom is 0.573 e. The van der Waals surface area contributed by atoms with Gasteiger partial charge in [-0.2, -0.15) is 0 Å². The Labute approximate surface area is 181 Å². The highest BCUT2D eigenvalue weighted by Gasteiger charge is 2.49. The van der Waals surface area contributed by atoms with Crippen LogP contribution in [-0.4, -0.2) is 42.3 Å². The van der Waals surface area contributed by atoms with E-state index in [4.69, 9.17) is 4.74 Å². The number of hydrogen-bond donors (Lipinski definition) is 2. The molecule has 2 aromatic carbocycles. The molecule has 1 aliphatic heterocycles. The summed E-state index contributed by atoms with van der Waals surface area (Å²) in [6.07, 6.45) is -4.85. The summed E-state index contributed by atoms with van der Waals surface area (Å²) in [7, 11) is 0. The van der Waals surface area contributed by atoms with Gasteiger partial charge in [0, 0.05) is 0 Å². The van der Waals surface area contributed by atoms with Gasteiger partial charge >= 0.3 is 12.4 Å². The molecule has 0 aliphatic carbocycles. The molecule has 0 spiro atoms. The predicted molar refractivity (Wildman–Crippen MR) is 107 cm³/mol. The second kappa shape index (κ2) is 8.77. The molecule has 4 amide bonds. The number of urea groups is 1. The van der Waals surface area contributed by atoms with Gasteiger partial charge in [-0.05, 0) is 43.7 Å². The fourth-order valence-electron chi connectivity index (χ4n) is 3.21. The smallest absolute Gasteiger partial charge is 0.492 e. The summed E-state index contributed by atoms with van der Waals surface area (Å²) in [5.74, 6) is -1.38. The zero-order chi connectivity index (χ0) is 23.5. The lowest BCUT2D eigenvalue weighted by atomic mass is 9.92. The van der Waals surface area contributed by atoms with Crippen LogP contribution < -0.4 is 20.1 Å². The van der Waals surface area contributed by atoms with Gasteiger partial charge in [0.2, 0.25) is 5.91 Å². The number of benzene rings is 2. The van der Waals surface area contributed by atoms with Crippen LogP contribution in [0.4, 0.5) is 23.7 Å². The van der Waals surface area contributed by atoms with Crippen LogP contribution in [0.2, 0.25) is 0 Å². The minimum absolute atomic E-state index is 0.231. The van der Waals surface area contributed by atoms with Crippen LogP contribution in [0.5, 0.6) is 11.5 Å². The maximum absolute atomic E-state index is 12.9. The number of amides is 4. The van der Waals surface area contributed by atoms with Crippen molar-refractivity contribution >= 4 is 23.5 Å². The highest BCUT2D eigenvalue weighted by molar-refractivity contribution is 6.10. The lowest BCUT2D eigenvalue weighted by Crippen LogP contribution is -2.42. The molecule has 0 radical (unpaired) electrons. The first-order chi connectivity index (χ1) is 15.0. The normalized spacial score (nSPS) is 18.3.